The highest BCUT2D eigenvalue weighted by Crippen LogP contribution is 2.15. The largest absolute Gasteiger partial charge is 0.469 e. The summed E-state index contributed by atoms with van der Waals surface area (Å²) in [6.45, 7) is 4.65. The van der Waals surface area contributed by atoms with E-state index in [0.29, 0.717) is 6.42 Å². The van der Waals surface area contributed by atoms with Crippen LogP contribution in [0.25, 0.3) is 11.0 Å². The van der Waals surface area contributed by atoms with Crippen molar-refractivity contribution in [2.45, 2.75) is 45.6 Å². The smallest absolute Gasteiger partial charge is 0.305 e. The normalized spacial score (nSPS) is 11.6. The van der Waals surface area contributed by atoms with Crippen LogP contribution >= 0.6 is 0 Å². The van der Waals surface area contributed by atoms with Crippen molar-refractivity contribution < 1.29 is 9.53 Å². The lowest BCUT2D eigenvalue weighted by Gasteiger charge is -2.12. The second kappa shape index (κ2) is 11.2. The first kappa shape index (κ1) is 20.7. The van der Waals surface area contributed by atoms with E-state index in [4.69, 9.17) is 0 Å². The molecule has 148 valence electrons. The number of imidazole rings is 1. The number of aromatic nitrogens is 2. The summed E-state index contributed by atoms with van der Waals surface area (Å²) in [6.07, 6.45) is 4.33. The Morgan fingerprint density at radius 1 is 1.15 bits per heavy atom. The lowest BCUT2D eigenvalue weighted by molar-refractivity contribution is -0.140. The number of aryl methyl sites for hydroxylation is 2. The SMILES string of the molecule is CN=C(NCCCCCC(=O)OC)NCCCn1c(C)nc2ccccc21. The van der Waals surface area contributed by atoms with Gasteiger partial charge >= 0.3 is 5.97 Å². The molecule has 1 aromatic carbocycles. The number of guanidine groups is 1. The molecule has 1 aromatic heterocycles. The Hall–Kier alpha value is -2.57. The fraction of sp³-hybridized carbons (Fsp3) is 0.550. The predicted octanol–water partition coefficient (Wildman–Crippen LogP) is 2.63. The third kappa shape index (κ3) is 6.58. The van der Waals surface area contributed by atoms with Crippen LogP contribution in [0, 0.1) is 6.92 Å². The average molecular weight is 374 g/mol. The monoisotopic (exact) mass is 373 g/mol. The first-order chi connectivity index (χ1) is 13.2. The Balaban J connectivity index is 1.63. The molecule has 1 heterocycles. The number of ether oxygens (including phenoxy) is 1. The van der Waals surface area contributed by atoms with E-state index < -0.39 is 0 Å². The van der Waals surface area contributed by atoms with Crippen LogP contribution in [-0.4, -0.2) is 48.7 Å². The van der Waals surface area contributed by atoms with Crippen LogP contribution < -0.4 is 10.6 Å². The number of rotatable bonds is 10. The van der Waals surface area contributed by atoms with E-state index in [1.807, 2.05) is 19.1 Å². The number of hydrogen-bond acceptors (Lipinski definition) is 4. The van der Waals surface area contributed by atoms with Gasteiger partial charge in [0, 0.05) is 33.1 Å². The van der Waals surface area contributed by atoms with Crippen LogP contribution in [0.3, 0.4) is 0 Å². The number of aliphatic imine (C=N–C) groups is 1. The Bertz CT molecular complexity index is 754. The van der Waals surface area contributed by atoms with Crippen LogP contribution in [0.5, 0.6) is 0 Å². The molecule has 0 atom stereocenters. The van der Waals surface area contributed by atoms with Crippen LogP contribution in [0.1, 0.15) is 37.9 Å². The Kier molecular flexibility index (Phi) is 8.61. The summed E-state index contributed by atoms with van der Waals surface area (Å²) in [5, 5.41) is 6.66. The summed E-state index contributed by atoms with van der Waals surface area (Å²) in [4.78, 5) is 19.9. The summed E-state index contributed by atoms with van der Waals surface area (Å²) in [6, 6.07) is 8.23. The van der Waals surface area contributed by atoms with E-state index in [1.54, 1.807) is 7.05 Å². The molecule has 0 aliphatic carbocycles. The fourth-order valence-electron chi connectivity index (χ4n) is 3.02. The lowest BCUT2D eigenvalue weighted by atomic mass is 10.2. The maximum absolute atomic E-state index is 11.1. The quantitative estimate of drug-likeness (QED) is 0.290. The van der Waals surface area contributed by atoms with Crippen LogP contribution in [0.4, 0.5) is 0 Å². The minimum Gasteiger partial charge on any atom is -0.469 e. The summed E-state index contributed by atoms with van der Waals surface area (Å²) < 4.78 is 6.89. The number of benzene rings is 1. The van der Waals surface area contributed by atoms with Crippen molar-refractivity contribution in [3.63, 3.8) is 0 Å². The van der Waals surface area contributed by atoms with E-state index in [0.717, 1.165) is 62.6 Å². The summed E-state index contributed by atoms with van der Waals surface area (Å²) in [5.74, 6) is 1.72. The second-order valence-electron chi connectivity index (χ2n) is 6.47. The molecule has 7 heteroatoms. The number of hydrogen-bond donors (Lipinski definition) is 2. The zero-order valence-electron chi connectivity index (χ0n) is 16.6. The fourth-order valence-corrected chi connectivity index (χ4v) is 3.02. The topological polar surface area (TPSA) is 80.5 Å². The molecule has 0 radical (unpaired) electrons. The number of para-hydroxylation sites is 2. The summed E-state index contributed by atoms with van der Waals surface area (Å²) in [7, 11) is 3.20. The van der Waals surface area contributed by atoms with E-state index in [2.05, 4.69) is 42.0 Å². The van der Waals surface area contributed by atoms with Gasteiger partial charge in [-0.2, -0.15) is 0 Å². The molecule has 0 bridgehead atoms. The van der Waals surface area contributed by atoms with Gasteiger partial charge < -0.3 is 19.9 Å². The van der Waals surface area contributed by atoms with Crippen molar-refractivity contribution in [1.29, 1.82) is 0 Å². The van der Waals surface area contributed by atoms with Gasteiger partial charge in [-0.1, -0.05) is 18.6 Å². The van der Waals surface area contributed by atoms with Crippen LogP contribution in [0.15, 0.2) is 29.3 Å². The van der Waals surface area contributed by atoms with E-state index in [-0.39, 0.29) is 5.97 Å². The molecule has 2 rings (SSSR count). The second-order valence-corrected chi connectivity index (χ2v) is 6.47. The van der Waals surface area contributed by atoms with Gasteiger partial charge in [-0.25, -0.2) is 4.98 Å². The minimum absolute atomic E-state index is 0.138. The van der Waals surface area contributed by atoms with Gasteiger partial charge in [0.1, 0.15) is 5.82 Å². The lowest BCUT2D eigenvalue weighted by Crippen LogP contribution is -2.38. The molecule has 0 aliphatic heterocycles. The van der Waals surface area contributed by atoms with E-state index >= 15 is 0 Å². The molecule has 0 aliphatic rings. The number of methoxy groups -OCH3 is 1. The molecule has 7 nitrogen and oxygen atoms in total. The summed E-state index contributed by atoms with van der Waals surface area (Å²) >= 11 is 0. The molecule has 2 aromatic rings. The number of esters is 1. The van der Waals surface area contributed by atoms with Crippen molar-refractivity contribution in [1.82, 2.24) is 20.2 Å². The number of fused-ring (bicyclic) bond motifs is 1. The molecule has 2 N–H and O–H groups in total. The van der Waals surface area contributed by atoms with Crippen molar-refractivity contribution >= 4 is 23.0 Å². The number of unbranched alkanes of at least 4 members (excludes halogenated alkanes) is 2. The first-order valence-electron chi connectivity index (χ1n) is 9.59. The number of carbonyl (C=O) groups is 1. The van der Waals surface area contributed by atoms with Gasteiger partial charge in [0.2, 0.25) is 0 Å². The molecular weight excluding hydrogens is 342 g/mol. The van der Waals surface area contributed by atoms with Crippen LogP contribution in [0.2, 0.25) is 0 Å². The van der Waals surface area contributed by atoms with Gasteiger partial charge in [-0.15, -0.1) is 0 Å². The summed E-state index contributed by atoms with van der Waals surface area (Å²) in [5.41, 5.74) is 2.23. The Morgan fingerprint density at radius 2 is 1.89 bits per heavy atom. The van der Waals surface area contributed by atoms with Gasteiger partial charge in [0.25, 0.3) is 0 Å². The third-order valence-electron chi connectivity index (χ3n) is 4.50. The van der Waals surface area contributed by atoms with Gasteiger partial charge in [0.15, 0.2) is 5.96 Å². The number of nitrogens with zero attached hydrogens (tertiary/aromatic N) is 3. The number of nitrogens with one attached hydrogen (secondary N) is 2. The van der Waals surface area contributed by atoms with Crippen molar-refractivity contribution in [2.75, 3.05) is 27.2 Å². The molecule has 0 unspecified atom stereocenters. The van der Waals surface area contributed by atoms with Crippen LogP contribution in [-0.2, 0) is 16.1 Å². The third-order valence-corrected chi connectivity index (χ3v) is 4.50. The Morgan fingerprint density at radius 3 is 2.63 bits per heavy atom. The zero-order chi connectivity index (χ0) is 19.5. The predicted molar refractivity (Wildman–Crippen MR) is 109 cm³/mol. The van der Waals surface area contributed by atoms with Gasteiger partial charge in [0.05, 0.1) is 18.1 Å². The molecule has 0 fully saturated rings. The highest BCUT2D eigenvalue weighted by Gasteiger charge is 2.06. The molecule has 27 heavy (non-hydrogen) atoms. The minimum atomic E-state index is -0.138. The zero-order valence-corrected chi connectivity index (χ0v) is 16.6. The molecule has 0 saturated carbocycles. The van der Waals surface area contributed by atoms with Crippen molar-refractivity contribution in [3.05, 3.63) is 30.1 Å². The highest BCUT2D eigenvalue weighted by atomic mass is 16.5. The maximum atomic E-state index is 11.1. The molecule has 0 saturated heterocycles. The Labute approximate surface area is 161 Å². The maximum Gasteiger partial charge on any atom is 0.305 e. The van der Waals surface area contributed by atoms with Crippen molar-refractivity contribution in [3.8, 4) is 0 Å². The average Bonchev–Trinajstić information content (AvgIpc) is 3.01. The highest BCUT2D eigenvalue weighted by molar-refractivity contribution is 5.79. The van der Waals surface area contributed by atoms with Gasteiger partial charge in [-0.05, 0) is 38.3 Å². The standard InChI is InChI=1S/C20H31N5O2/c1-16-24-17-10-6-7-11-18(17)25(16)15-9-14-23-20(21-2)22-13-8-4-5-12-19(26)27-3/h6-7,10-11H,4-5,8-9,12-15H2,1-3H3,(H2,21,22,23). The van der Waals surface area contributed by atoms with E-state index in [1.165, 1.54) is 12.6 Å². The van der Waals surface area contributed by atoms with Crippen molar-refractivity contribution in [2.24, 2.45) is 4.99 Å². The molecule has 0 amide bonds. The van der Waals surface area contributed by atoms with Gasteiger partial charge in [-0.3, -0.25) is 9.79 Å². The number of carbonyl (C=O) groups excluding carboxylic acids is 1. The molecular formula is C20H31N5O2. The first-order valence-corrected chi connectivity index (χ1v) is 9.59. The molecule has 0 spiro atoms. The van der Waals surface area contributed by atoms with E-state index in [9.17, 15) is 4.79 Å².